The molecule has 0 saturated heterocycles. The minimum Gasteiger partial charge on any atom is -0.481 e. The zero-order valence-corrected chi connectivity index (χ0v) is 12.8. The number of carboxylic acids is 1. The maximum Gasteiger partial charge on any atom is 0.306 e. The molecule has 122 valence electrons. The maximum absolute atomic E-state index is 10.9. The van der Waals surface area contributed by atoms with Crippen molar-refractivity contribution in [1.82, 2.24) is 5.32 Å². The number of aliphatic carboxylic acids is 1. The van der Waals surface area contributed by atoms with Gasteiger partial charge in [-0.05, 0) is 56.9 Å². The van der Waals surface area contributed by atoms with E-state index in [1.165, 1.54) is 12.8 Å². The third-order valence-electron chi connectivity index (χ3n) is 5.43. The Kier molecular flexibility index (Phi) is 6.02. The molecule has 0 amide bonds. The van der Waals surface area contributed by atoms with Crippen molar-refractivity contribution in [3.63, 3.8) is 0 Å². The predicted molar refractivity (Wildman–Crippen MR) is 79.9 cm³/mol. The van der Waals surface area contributed by atoms with Crippen LogP contribution in [0.1, 0.15) is 51.4 Å². The number of hydrogen-bond acceptors (Lipinski definition) is 4. The molecule has 0 bridgehead atoms. The largest absolute Gasteiger partial charge is 0.481 e. The summed E-state index contributed by atoms with van der Waals surface area (Å²) in [6.07, 6.45) is 6.95. The standard InChI is InChI=1S/C16H29NO4/c18-10-14-4-2-1-3-13(14)9-17-11-16(21)7-5-12(6-8-16)15(19)20/h12-14,17-18,21H,1-11H2,(H,19,20). The first-order valence-electron chi connectivity index (χ1n) is 8.31. The molecular formula is C16H29NO4. The second-order valence-corrected chi connectivity index (χ2v) is 6.95. The first kappa shape index (κ1) is 16.7. The minimum atomic E-state index is -0.755. The highest BCUT2D eigenvalue weighted by molar-refractivity contribution is 5.70. The van der Waals surface area contributed by atoms with Crippen LogP contribution in [0.5, 0.6) is 0 Å². The third-order valence-corrected chi connectivity index (χ3v) is 5.43. The fraction of sp³-hybridized carbons (Fsp3) is 0.938. The smallest absolute Gasteiger partial charge is 0.306 e. The predicted octanol–water partition coefficient (Wildman–Crippen LogP) is 1.38. The fourth-order valence-corrected chi connectivity index (χ4v) is 3.86. The Morgan fingerprint density at radius 2 is 1.71 bits per heavy atom. The summed E-state index contributed by atoms with van der Waals surface area (Å²) in [5.41, 5.74) is -0.755. The van der Waals surface area contributed by atoms with Gasteiger partial charge in [0.15, 0.2) is 0 Å². The van der Waals surface area contributed by atoms with Gasteiger partial charge in [0.1, 0.15) is 0 Å². The Morgan fingerprint density at radius 3 is 2.29 bits per heavy atom. The van der Waals surface area contributed by atoms with Crippen LogP contribution in [0.3, 0.4) is 0 Å². The highest BCUT2D eigenvalue weighted by atomic mass is 16.4. The van der Waals surface area contributed by atoms with E-state index in [0.717, 1.165) is 19.4 Å². The number of hydrogen-bond donors (Lipinski definition) is 4. The first-order valence-corrected chi connectivity index (χ1v) is 8.31. The van der Waals surface area contributed by atoms with Crippen LogP contribution < -0.4 is 5.32 Å². The molecule has 5 heteroatoms. The molecule has 5 nitrogen and oxygen atoms in total. The van der Waals surface area contributed by atoms with Crippen LogP contribution in [0.4, 0.5) is 0 Å². The van der Waals surface area contributed by atoms with Crippen molar-refractivity contribution in [1.29, 1.82) is 0 Å². The Labute approximate surface area is 126 Å². The Balaban J connectivity index is 1.71. The van der Waals surface area contributed by atoms with Crippen molar-refractivity contribution >= 4 is 5.97 Å². The van der Waals surface area contributed by atoms with Crippen LogP contribution in [0.2, 0.25) is 0 Å². The van der Waals surface area contributed by atoms with E-state index in [-0.39, 0.29) is 12.5 Å². The summed E-state index contributed by atoms with van der Waals surface area (Å²) in [7, 11) is 0. The molecule has 2 rings (SSSR count). The fourth-order valence-electron chi connectivity index (χ4n) is 3.86. The summed E-state index contributed by atoms with van der Waals surface area (Å²) in [5.74, 6) is -0.133. The summed E-state index contributed by atoms with van der Waals surface area (Å²) >= 11 is 0. The quantitative estimate of drug-likeness (QED) is 0.595. The lowest BCUT2D eigenvalue weighted by atomic mass is 9.78. The monoisotopic (exact) mass is 299 g/mol. The number of nitrogens with one attached hydrogen (secondary N) is 1. The molecular weight excluding hydrogens is 270 g/mol. The molecule has 2 aliphatic carbocycles. The molecule has 2 unspecified atom stereocenters. The molecule has 4 N–H and O–H groups in total. The van der Waals surface area contributed by atoms with Crippen LogP contribution >= 0.6 is 0 Å². The molecule has 0 aromatic heterocycles. The lowest BCUT2D eigenvalue weighted by Gasteiger charge is -2.36. The van der Waals surface area contributed by atoms with E-state index in [1.54, 1.807) is 0 Å². The first-order chi connectivity index (χ1) is 10.0. The summed E-state index contributed by atoms with van der Waals surface area (Å²) in [4.78, 5) is 10.9. The molecule has 0 heterocycles. The van der Waals surface area contributed by atoms with E-state index in [2.05, 4.69) is 5.32 Å². The number of aliphatic hydroxyl groups excluding tert-OH is 1. The van der Waals surface area contributed by atoms with E-state index < -0.39 is 11.6 Å². The van der Waals surface area contributed by atoms with Gasteiger partial charge in [0.05, 0.1) is 11.5 Å². The summed E-state index contributed by atoms with van der Waals surface area (Å²) < 4.78 is 0. The van der Waals surface area contributed by atoms with Crippen LogP contribution in [-0.2, 0) is 4.79 Å². The van der Waals surface area contributed by atoms with Crippen LogP contribution in [0.15, 0.2) is 0 Å². The molecule has 0 aromatic rings. The van der Waals surface area contributed by atoms with Crippen molar-refractivity contribution in [2.45, 2.75) is 57.0 Å². The summed E-state index contributed by atoms with van der Waals surface area (Å²) in [6.45, 7) is 1.64. The van der Waals surface area contributed by atoms with Crippen LogP contribution in [0.25, 0.3) is 0 Å². The van der Waals surface area contributed by atoms with Gasteiger partial charge in [0.25, 0.3) is 0 Å². The van der Waals surface area contributed by atoms with Crippen LogP contribution in [0, 0.1) is 17.8 Å². The molecule has 0 aromatic carbocycles. The molecule has 2 atom stereocenters. The molecule has 0 aliphatic heterocycles. The van der Waals surface area contributed by atoms with Gasteiger partial charge >= 0.3 is 5.97 Å². The van der Waals surface area contributed by atoms with Gasteiger partial charge in [-0.3, -0.25) is 4.79 Å². The molecule has 0 radical (unpaired) electrons. The number of rotatable bonds is 6. The lowest BCUT2D eigenvalue weighted by molar-refractivity contribution is -0.144. The Bertz CT molecular complexity index is 339. The molecule has 2 saturated carbocycles. The zero-order chi connectivity index (χ0) is 15.3. The van der Waals surface area contributed by atoms with Crippen molar-refractivity contribution in [2.75, 3.05) is 19.7 Å². The average molecular weight is 299 g/mol. The molecule has 0 spiro atoms. The Hall–Kier alpha value is -0.650. The second-order valence-electron chi connectivity index (χ2n) is 6.95. The number of aliphatic hydroxyl groups is 2. The van der Waals surface area contributed by atoms with E-state index in [9.17, 15) is 15.0 Å². The van der Waals surface area contributed by atoms with Gasteiger partial charge in [0, 0.05) is 13.2 Å². The van der Waals surface area contributed by atoms with E-state index in [1.807, 2.05) is 0 Å². The second kappa shape index (κ2) is 7.56. The van der Waals surface area contributed by atoms with Gasteiger partial charge < -0.3 is 20.6 Å². The Morgan fingerprint density at radius 1 is 1.10 bits per heavy atom. The SMILES string of the molecule is O=C(O)C1CCC(O)(CNCC2CCCCC2CO)CC1. The highest BCUT2D eigenvalue weighted by Gasteiger charge is 2.35. The minimum absolute atomic E-state index is 0.261. The van der Waals surface area contributed by atoms with Gasteiger partial charge in [-0.15, -0.1) is 0 Å². The average Bonchev–Trinajstić information content (AvgIpc) is 2.48. The molecule has 2 aliphatic rings. The molecule has 21 heavy (non-hydrogen) atoms. The van der Waals surface area contributed by atoms with E-state index >= 15 is 0 Å². The van der Waals surface area contributed by atoms with Gasteiger partial charge in [0.2, 0.25) is 0 Å². The number of carbonyl (C=O) groups is 1. The van der Waals surface area contributed by atoms with E-state index in [4.69, 9.17) is 5.11 Å². The van der Waals surface area contributed by atoms with Crippen molar-refractivity contribution < 1.29 is 20.1 Å². The van der Waals surface area contributed by atoms with Gasteiger partial charge in [-0.1, -0.05) is 12.8 Å². The normalized spacial score (nSPS) is 37.3. The van der Waals surface area contributed by atoms with Crippen molar-refractivity contribution in [2.24, 2.45) is 17.8 Å². The molecule has 2 fully saturated rings. The highest BCUT2D eigenvalue weighted by Crippen LogP contribution is 2.32. The van der Waals surface area contributed by atoms with Crippen LogP contribution in [-0.4, -0.2) is 46.6 Å². The number of carboxylic acid groups (broad SMARTS) is 1. The third kappa shape index (κ3) is 4.66. The van der Waals surface area contributed by atoms with Crippen molar-refractivity contribution in [3.8, 4) is 0 Å². The van der Waals surface area contributed by atoms with Gasteiger partial charge in [-0.25, -0.2) is 0 Å². The zero-order valence-electron chi connectivity index (χ0n) is 12.8. The maximum atomic E-state index is 10.9. The van der Waals surface area contributed by atoms with E-state index in [0.29, 0.717) is 44.1 Å². The summed E-state index contributed by atoms with van der Waals surface area (Å²) in [6, 6.07) is 0. The van der Waals surface area contributed by atoms with Gasteiger partial charge in [-0.2, -0.15) is 0 Å². The van der Waals surface area contributed by atoms with Crippen molar-refractivity contribution in [3.05, 3.63) is 0 Å². The lowest BCUT2D eigenvalue weighted by Crippen LogP contribution is -2.46. The summed E-state index contributed by atoms with van der Waals surface area (Å²) in [5, 5.41) is 32.3. The topological polar surface area (TPSA) is 89.8 Å².